The fourth-order valence-electron chi connectivity index (χ4n) is 4.34. The minimum atomic E-state index is -4.03. The van der Waals surface area contributed by atoms with Crippen LogP contribution in [0.1, 0.15) is 25.7 Å². The van der Waals surface area contributed by atoms with Gasteiger partial charge in [-0.3, -0.25) is 4.90 Å². The monoisotopic (exact) mass is 219 g/mol. The SMILES string of the molecule is CN1C2C3CCC(C3)C2CC1C(F)(F)F. The lowest BCUT2D eigenvalue weighted by atomic mass is 9.84. The van der Waals surface area contributed by atoms with Crippen molar-refractivity contribution >= 4 is 0 Å². The molecule has 0 radical (unpaired) electrons. The molecule has 86 valence electrons. The molecule has 0 spiro atoms. The molecule has 5 unspecified atom stereocenters. The van der Waals surface area contributed by atoms with Crippen molar-refractivity contribution in [2.45, 2.75) is 43.9 Å². The molecule has 4 heteroatoms. The highest BCUT2D eigenvalue weighted by atomic mass is 19.4. The van der Waals surface area contributed by atoms with E-state index in [-0.39, 0.29) is 6.04 Å². The fourth-order valence-corrected chi connectivity index (χ4v) is 4.34. The second-order valence-corrected chi connectivity index (χ2v) is 5.45. The lowest BCUT2D eigenvalue weighted by Crippen LogP contribution is -2.44. The number of likely N-dealkylation sites (tertiary alicyclic amines) is 1. The summed E-state index contributed by atoms with van der Waals surface area (Å²) in [5.41, 5.74) is 0. The number of hydrogen-bond acceptors (Lipinski definition) is 1. The van der Waals surface area contributed by atoms with Crippen molar-refractivity contribution in [2.24, 2.45) is 17.8 Å². The Morgan fingerprint density at radius 2 is 1.73 bits per heavy atom. The van der Waals surface area contributed by atoms with Crippen LogP contribution in [-0.4, -0.2) is 30.2 Å². The van der Waals surface area contributed by atoms with Gasteiger partial charge in [-0.25, -0.2) is 0 Å². The van der Waals surface area contributed by atoms with Gasteiger partial charge in [0.1, 0.15) is 6.04 Å². The summed E-state index contributed by atoms with van der Waals surface area (Å²) in [4.78, 5) is 1.62. The van der Waals surface area contributed by atoms with Crippen LogP contribution in [-0.2, 0) is 0 Å². The van der Waals surface area contributed by atoms with Gasteiger partial charge in [0.05, 0.1) is 0 Å². The first-order valence-electron chi connectivity index (χ1n) is 5.77. The van der Waals surface area contributed by atoms with Crippen molar-refractivity contribution in [3.05, 3.63) is 0 Å². The third-order valence-electron chi connectivity index (χ3n) is 4.88. The van der Waals surface area contributed by atoms with Gasteiger partial charge in [-0.15, -0.1) is 0 Å². The van der Waals surface area contributed by atoms with E-state index < -0.39 is 12.2 Å². The van der Waals surface area contributed by atoms with Gasteiger partial charge in [-0.05, 0) is 50.5 Å². The summed E-state index contributed by atoms with van der Waals surface area (Å²) < 4.78 is 38.3. The molecule has 5 atom stereocenters. The third kappa shape index (κ3) is 1.26. The van der Waals surface area contributed by atoms with E-state index in [0.717, 1.165) is 6.42 Å². The number of hydrogen-bond donors (Lipinski definition) is 0. The number of alkyl halides is 3. The molecule has 2 saturated carbocycles. The smallest absolute Gasteiger partial charge is 0.292 e. The average Bonchev–Trinajstić information content (AvgIpc) is 2.73. The van der Waals surface area contributed by atoms with Gasteiger partial charge in [0.2, 0.25) is 0 Å². The van der Waals surface area contributed by atoms with Crippen molar-refractivity contribution in [1.82, 2.24) is 4.90 Å². The summed E-state index contributed by atoms with van der Waals surface area (Å²) in [6.07, 6.45) is -0.167. The van der Waals surface area contributed by atoms with E-state index >= 15 is 0 Å². The van der Waals surface area contributed by atoms with E-state index in [1.807, 2.05) is 0 Å². The zero-order chi connectivity index (χ0) is 10.8. The fraction of sp³-hybridized carbons (Fsp3) is 1.00. The lowest BCUT2D eigenvalue weighted by Gasteiger charge is -2.31. The Kier molecular flexibility index (Phi) is 1.92. The minimum Gasteiger partial charge on any atom is -0.292 e. The zero-order valence-corrected chi connectivity index (χ0v) is 8.80. The van der Waals surface area contributed by atoms with Crippen LogP contribution in [0.2, 0.25) is 0 Å². The third-order valence-corrected chi connectivity index (χ3v) is 4.88. The van der Waals surface area contributed by atoms with Crippen LogP contribution in [0, 0.1) is 17.8 Å². The van der Waals surface area contributed by atoms with Crippen LogP contribution in [0.5, 0.6) is 0 Å². The van der Waals surface area contributed by atoms with Crippen molar-refractivity contribution in [3.63, 3.8) is 0 Å². The van der Waals surface area contributed by atoms with E-state index in [9.17, 15) is 13.2 Å². The van der Waals surface area contributed by atoms with Crippen molar-refractivity contribution in [2.75, 3.05) is 7.05 Å². The Labute approximate surface area is 87.6 Å². The Hall–Kier alpha value is -0.250. The molecule has 0 aromatic heterocycles. The molecule has 15 heavy (non-hydrogen) atoms. The Morgan fingerprint density at radius 1 is 1.07 bits per heavy atom. The van der Waals surface area contributed by atoms with Gasteiger partial charge < -0.3 is 0 Å². The molecule has 1 aliphatic heterocycles. The second-order valence-electron chi connectivity index (χ2n) is 5.45. The summed E-state index contributed by atoms with van der Waals surface area (Å²) in [6, 6.07) is -0.939. The van der Waals surface area contributed by atoms with E-state index in [4.69, 9.17) is 0 Å². The summed E-state index contributed by atoms with van der Waals surface area (Å²) in [5, 5.41) is 0. The molecule has 0 amide bonds. The highest BCUT2D eigenvalue weighted by molar-refractivity contribution is 5.08. The lowest BCUT2D eigenvalue weighted by molar-refractivity contribution is -0.177. The van der Waals surface area contributed by atoms with Crippen molar-refractivity contribution in [3.8, 4) is 0 Å². The minimum absolute atomic E-state index is 0.232. The number of rotatable bonds is 0. The highest BCUT2D eigenvalue weighted by Crippen LogP contribution is 2.57. The number of halogens is 3. The van der Waals surface area contributed by atoms with Crippen LogP contribution in [0.15, 0.2) is 0 Å². The summed E-state index contributed by atoms with van der Waals surface area (Å²) in [6.45, 7) is 0. The van der Waals surface area contributed by atoms with Crippen LogP contribution >= 0.6 is 0 Å². The number of fused-ring (bicyclic) bond motifs is 5. The zero-order valence-electron chi connectivity index (χ0n) is 8.80. The molecule has 0 aromatic carbocycles. The van der Waals surface area contributed by atoms with Gasteiger partial charge in [0.25, 0.3) is 0 Å². The van der Waals surface area contributed by atoms with E-state index in [0.29, 0.717) is 24.2 Å². The molecule has 1 saturated heterocycles. The molecule has 0 N–H and O–H groups in total. The standard InChI is InChI=1S/C11H16F3N/c1-15-9(11(12,13)14)5-8-6-2-3-7(4-6)10(8)15/h6-10H,2-5H2,1H3. The molecule has 0 aromatic rings. The molecule has 3 aliphatic rings. The first-order valence-corrected chi connectivity index (χ1v) is 5.77. The quantitative estimate of drug-likeness (QED) is 0.605. The van der Waals surface area contributed by atoms with Crippen LogP contribution < -0.4 is 0 Å². The molecule has 2 bridgehead atoms. The predicted molar refractivity (Wildman–Crippen MR) is 50.3 cm³/mol. The van der Waals surface area contributed by atoms with Crippen LogP contribution in [0.25, 0.3) is 0 Å². The highest BCUT2D eigenvalue weighted by Gasteiger charge is 2.60. The molecule has 1 heterocycles. The predicted octanol–water partition coefficient (Wildman–Crippen LogP) is 2.67. The maximum absolute atomic E-state index is 12.8. The van der Waals surface area contributed by atoms with Crippen LogP contribution in [0.4, 0.5) is 13.2 Å². The van der Waals surface area contributed by atoms with Gasteiger partial charge in [-0.2, -0.15) is 13.2 Å². The molecule has 3 rings (SSSR count). The topological polar surface area (TPSA) is 3.24 Å². The molecular weight excluding hydrogens is 203 g/mol. The second kappa shape index (κ2) is 2.90. The summed E-state index contributed by atoms with van der Waals surface area (Å²) in [5.74, 6) is 1.48. The summed E-state index contributed by atoms with van der Waals surface area (Å²) in [7, 11) is 1.67. The largest absolute Gasteiger partial charge is 0.404 e. The Morgan fingerprint density at radius 3 is 2.33 bits per heavy atom. The van der Waals surface area contributed by atoms with E-state index in [1.54, 1.807) is 11.9 Å². The number of nitrogens with zero attached hydrogens (tertiary/aromatic N) is 1. The maximum Gasteiger partial charge on any atom is 0.404 e. The van der Waals surface area contributed by atoms with Gasteiger partial charge >= 0.3 is 6.18 Å². The first-order chi connectivity index (χ1) is 6.98. The van der Waals surface area contributed by atoms with Gasteiger partial charge in [0.15, 0.2) is 0 Å². The molecule has 1 nitrogen and oxygen atoms in total. The molecule has 3 fully saturated rings. The van der Waals surface area contributed by atoms with E-state index in [1.165, 1.54) is 12.8 Å². The normalized spacial score (nSPS) is 50.0. The average molecular weight is 219 g/mol. The van der Waals surface area contributed by atoms with Crippen LogP contribution in [0.3, 0.4) is 0 Å². The first kappa shape index (κ1) is 9.94. The van der Waals surface area contributed by atoms with Gasteiger partial charge in [-0.1, -0.05) is 0 Å². The molecular formula is C11H16F3N. The summed E-state index contributed by atoms with van der Waals surface area (Å²) >= 11 is 0. The molecule has 2 aliphatic carbocycles. The van der Waals surface area contributed by atoms with Crippen molar-refractivity contribution in [1.29, 1.82) is 0 Å². The van der Waals surface area contributed by atoms with Gasteiger partial charge in [0, 0.05) is 6.04 Å². The Bertz CT molecular complexity index is 273. The van der Waals surface area contributed by atoms with E-state index in [2.05, 4.69) is 0 Å². The Balaban J connectivity index is 1.84. The van der Waals surface area contributed by atoms with Crippen molar-refractivity contribution < 1.29 is 13.2 Å². The maximum atomic E-state index is 12.8.